The number of aromatic hydroxyl groups is 1. The zero-order valence-electron chi connectivity index (χ0n) is 22.0. The predicted molar refractivity (Wildman–Crippen MR) is 136 cm³/mol. The monoisotopic (exact) mass is 545 g/mol. The van der Waals surface area contributed by atoms with Gasteiger partial charge in [-0.1, -0.05) is 12.5 Å². The van der Waals surface area contributed by atoms with Gasteiger partial charge in [0.2, 0.25) is 5.43 Å². The highest BCUT2D eigenvalue weighted by molar-refractivity contribution is 5.99. The van der Waals surface area contributed by atoms with Crippen LogP contribution in [-0.4, -0.2) is 69.4 Å². The molecule has 0 unspecified atom stereocenters. The average Bonchev–Trinajstić information content (AvgIpc) is 2.85. The number of carbonyl (C=O) groups is 3. The van der Waals surface area contributed by atoms with E-state index in [1.165, 1.54) is 9.91 Å². The molecule has 1 aromatic heterocycles. The van der Waals surface area contributed by atoms with E-state index in [1.54, 1.807) is 27.7 Å². The Hall–Kier alpha value is -4.60. The summed E-state index contributed by atoms with van der Waals surface area (Å²) in [6, 6.07) is 5.05. The Labute approximate surface area is 223 Å². The smallest absolute Gasteiger partial charge is 0.422 e. The number of nitrogens with zero attached hydrogens (tertiary/aromatic N) is 4. The molecule has 0 spiro atoms. The van der Waals surface area contributed by atoms with Crippen LogP contribution in [0.1, 0.15) is 54.1 Å². The zero-order chi connectivity index (χ0) is 29.1. The minimum Gasteiger partial charge on any atom is -0.502 e. The van der Waals surface area contributed by atoms with Gasteiger partial charge in [-0.15, -0.1) is 0 Å². The van der Waals surface area contributed by atoms with Crippen molar-refractivity contribution in [2.75, 3.05) is 31.3 Å². The van der Waals surface area contributed by atoms with E-state index in [2.05, 4.69) is 11.4 Å². The first-order valence-electron chi connectivity index (χ1n) is 12.0. The van der Waals surface area contributed by atoms with Crippen molar-refractivity contribution >= 4 is 17.9 Å². The fourth-order valence-electron chi connectivity index (χ4n) is 3.75. The number of hydrogen-bond acceptors (Lipinski definition) is 7. The van der Waals surface area contributed by atoms with Crippen LogP contribution in [0.25, 0.3) is 0 Å². The molecule has 0 radical (unpaired) electrons. The third-order valence-electron chi connectivity index (χ3n) is 5.73. The van der Waals surface area contributed by atoms with Gasteiger partial charge in [0, 0.05) is 37.0 Å². The Morgan fingerprint density at radius 1 is 1.26 bits per heavy atom. The lowest BCUT2D eigenvalue weighted by Crippen LogP contribution is -2.56. The van der Waals surface area contributed by atoms with Crippen molar-refractivity contribution in [1.29, 1.82) is 0 Å². The summed E-state index contributed by atoms with van der Waals surface area (Å²) in [5.74, 6) is -4.24. The van der Waals surface area contributed by atoms with Gasteiger partial charge in [0.25, 0.3) is 11.8 Å². The minimum atomic E-state index is -1.11. The van der Waals surface area contributed by atoms with Crippen LogP contribution in [-0.2, 0) is 11.3 Å². The predicted octanol–water partition coefficient (Wildman–Crippen LogP) is 1.96. The number of rotatable bonds is 7. The second-order valence-corrected chi connectivity index (χ2v) is 9.63. The highest BCUT2D eigenvalue weighted by Crippen LogP contribution is 2.21. The van der Waals surface area contributed by atoms with Gasteiger partial charge in [0.15, 0.2) is 11.4 Å². The number of amides is 3. The second-order valence-electron chi connectivity index (χ2n) is 9.63. The number of halogens is 2. The van der Waals surface area contributed by atoms with Gasteiger partial charge >= 0.3 is 6.09 Å². The molecule has 0 saturated carbocycles. The number of nitrogens with one attached hydrogen (secondary N) is 1. The van der Waals surface area contributed by atoms with Gasteiger partial charge in [-0.2, -0.15) is 0 Å². The summed E-state index contributed by atoms with van der Waals surface area (Å²) in [6.07, 6.45) is 5.80. The van der Waals surface area contributed by atoms with Crippen LogP contribution < -0.4 is 15.8 Å². The molecule has 3 rings (SSSR count). The summed E-state index contributed by atoms with van der Waals surface area (Å²) in [5.41, 5.74) is -2.83. The first kappa shape index (κ1) is 29.0. The van der Waals surface area contributed by atoms with E-state index in [0.717, 1.165) is 27.9 Å². The van der Waals surface area contributed by atoms with Crippen molar-refractivity contribution in [2.24, 2.45) is 0 Å². The Kier molecular flexibility index (Phi) is 8.48. The third kappa shape index (κ3) is 6.46. The summed E-state index contributed by atoms with van der Waals surface area (Å²) in [5, 5.41) is 14.5. The van der Waals surface area contributed by atoms with Crippen LogP contribution in [0.5, 0.6) is 5.75 Å². The number of aromatic nitrogens is 1. The van der Waals surface area contributed by atoms with Crippen LogP contribution in [0.3, 0.4) is 0 Å². The standard InChI is InChI=1S/C26H29F2N5O6/c1-6-30(25(38)39-26(3,4)5)10-11-32-15-31(7-2)24(37)20-22(35)21(34)18(14-33(20)32)23(36)29-13-16-8-9-17(27)12-19(16)28/h1,8-9,12,14,35H,7,10-11,13,15H2,2-5H3,(H,29,36). The van der Waals surface area contributed by atoms with Crippen molar-refractivity contribution in [3.8, 4) is 18.2 Å². The number of terminal acetylenes is 1. The average molecular weight is 546 g/mol. The Bertz CT molecular complexity index is 1390. The lowest BCUT2D eigenvalue weighted by molar-refractivity contribution is 0.0350. The molecule has 13 heteroatoms. The lowest BCUT2D eigenvalue weighted by Gasteiger charge is -2.39. The topological polar surface area (TPSA) is 124 Å². The van der Waals surface area contributed by atoms with Gasteiger partial charge in [-0.3, -0.25) is 24.1 Å². The molecule has 1 aliphatic rings. The molecule has 1 aliphatic heterocycles. The molecule has 11 nitrogen and oxygen atoms in total. The van der Waals surface area contributed by atoms with Gasteiger partial charge in [0.05, 0.1) is 13.1 Å². The maximum absolute atomic E-state index is 14.0. The SMILES string of the molecule is C#CN(CCN1CN(CC)C(=O)c2c(O)c(=O)c(C(=O)NCc3ccc(F)cc3F)cn21)C(=O)OC(C)(C)C. The molecule has 0 atom stereocenters. The first-order chi connectivity index (χ1) is 18.3. The fraction of sp³-hybridized carbons (Fsp3) is 0.385. The van der Waals surface area contributed by atoms with E-state index < -0.39 is 51.9 Å². The number of fused-ring (bicyclic) bond motifs is 1. The van der Waals surface area contributed by atoms with E-state index in [0.29, 0.717) is 6.07 Å². The van der Waals surface area contributed by atoms with Crippen molar-refractivity contribution in [2.45, 2.75) is 39.8 Å². The van der Waals surface area contributed by atoms with E-state index in [1.807, 2.05) is 0 Å². The molecule has 39 heavy (non-hydrogen) atoms. The maximum Gasteiger partial charge on any atom is 0.422 e. The summed E-state index contributed by atoms with van der Waals surface area (Å²) >= 11 is 0. The van der Waals surface area contributed by atoms with E-state index in [4.69, 9.17) is 11.2 Å². The van der Waals surface area contributed by atoms with E-state index >= 15 is 0 Å². The fourth-order valence-corrected chi connectivity index (χ4v) is 3.75. The highest BCUT2D eigenvalue weighted by Gasteiger charge is 2.34. The number of carbonyl (C=O) groups excluding carboxylic acids is 3. The number of pyridine rings is 1. The van der Waals surface area contributed by atoms with Gasteiger partial charge in [0.1, 0.15) is 29.5 Å². The van der Waals surface area contributed by atoms with Gasteiger partial charge in [-0.25, -0.2) is 18.5 Å². The summed E-state index contributed by atoms with van der Waals surface area (Å²) in [4.78, 5) is 53.5. The molecule has 0 bridgehead atoms. The summed E-state index contributed by atoms with van der Waals surface area (Å²) in [7, 11) is 0. The van der Waals surface area contributed by atoms with Crippen LogP contribution in [0.15, 0.2) is 29.2 Å². The zero-order valence-corrected chi connectivity index (χ0v) is 22.0. The quantitative estimate of drug-likeness (QED) is 0.403. The second kappa shape index (κ2) is 11.4. The molecule has 2 aromatic rings. The van der Waals surface area contributed by atoms with Crippen LogP contribution in [0, 0.1) is 24.1 Å². The first-order valence-corrected chi connectivity index (χ1v) is 12.0. The van der Waals surface area contributed by atoms with Crippen LogP contribution >= 0.6 is 0 Å². The van der Waals surface area contributed by atoms with Gasteiger partial charge < -0.3 is 20.1 Å². The molecule has 208 valence electrons. The molecular weight excluding hydrogens is 516 g/mol. The normalized spacial score (nSPS) is 13.0. The third-order valence-corrected chi connectivity index (χ3v) is 5.73. The van der Waals surface area contributed by atoms with Crippen LogP contribution in [0.2, 0.25) is 0 Å². The van der Waals surface area contributed by atoms with Crippen molar-refractivity contribution in [3.05, 3.63) is 63.1 Å². The molecule has 0 saturated heterocycles. The Morgan fingerprint density at radius 2 is 1.95 bits per heavy atom. The van der Waals surface area contributed by atoms with E-state index in [-0.39, 0.29) is 44.1 Å². The molecule has 2 heterocycles. The molecule has 0 aliphatic carbocycles. The van der Waals surface area contributed by atoms with Crippen molar-refractivity contribution in [3.63, 3.8) is 0 Å². The molecule has 0 fully saturated rings. The summed E-state index contributed by atoms with van der Waals surface area (Å²) < 4.78 is 33.6. The molecular formula is C26H29F2N5O6. The number of hydrogen-bond donors (Lipinski definition) is 2. The molecule has 3 amide bonds. The lowest BCUT2D eigenvalue weighted by atomic mass is 10.1. The summed E-state index contributed by atoms with van der Waals surface area (Å²) in [6.45, 7) is 6.56. The maximum atomic E-state index is 14.0. The Morgan fingerprint density at radius 3 is 2.54 bits per heavy atom. The van der Waals surface area contributed by atoms with Crippen molar-refractivity contribution < 1.29 is 33.0 Å². The minimum absolute atomic E-state index is 0.0147. The largest absolute Gasteiger partial charge is 0.502 e. The van der Waals surface area contributed by atoms with Crippen LogP contribution in [0.4, 0.5) is 13.6 Å². The number of benzene rings is 1. The Balaban J connectivity index is 1.92. The number of ether oxygens (including phenoxy) is 1. The molecule has 2 N–H and O–H groups in total. The van der Waals surface area contributed by atoms with Crippen molar-refractivity contribution in [1.82, 2.24) is 19.8 Å². The van der Waals surface area contributed by atoms with E-state index in [9.17, 15) is 33.1 Å². The molecule has 1 aromatic carbocycles. The van der Waals surface area contributed by atoms with Gasteiger partial charge in [-0.05, 0) is 33.8 Å². The highest BCUT2D eigenvalue weighted by atomic mass is 19.1.